The molecule has 1 aliphatic rings. The van der Waals surface area contributed by atoms with E-state index in [2.05, 4.69) is 29.6 Å². The Labute approximate surface area is 194 Å². The third-order valence-electron chi connectivity index (χ3n) is 4.73. The minimum absolute atomic E-state index is 0.231. The van der Waals surface area contributed by atoms with Crippen molar-refractivity contribution in [2.45, 2.75) is 59.0 Å². The van der Waals surface area contributed by atoms with Gasteiger partial charge in [-0.05, 0) is 0 Å². The summed E-state index contributed by atoms with van der Waals surface area (Å²) in [4.78, 5) is 15.1. The number of fused-ring (bicyclic) bond motifs is 2. The summed E-state index contributed by atoms with van der Waals surface area (Å²) in [5, 5.41) is 0. The molecule has 0 aliphatic carbocycles. The van der Waals surface area contributed by atoms with Gasteiger partial charge in [-0.2, -0.15) is 0 Å². The second-order valence-electron chi connectivity index (χ2n) is 9.19. The fourth-order valence-corrected chi connectivity index (χ4v) is 21.3. The summed E-state index contributed by atoms with van der Waals surface area (Å²) in [6, 6.07) is 6.40. The van der Waals surface area contributed by atoms with Crippen molar-refractivity contribution in [2.24, 2.45) is 0 Å². The molecular formula is C18H24O6S4Sn2. The van der Waals surface area contributed by atoms with E-state index in [9.17, 15) is 25.9 Å². The fraction of sp³-hybridized carbons (Fsp3) is 0.333. The molecule has 0 amide bonds. The van der Waals surface area contributed by atoms with Crippen LogP contribution in [-0.4, -0.2) is 62.7 Å². The third-order valence-corrected chi connectivity index (χ3v) is 22.2. The average Bonchev–Trinajstić information content (AvgIpc) is 2.54. The first kappa shape index (κ1) is 25.2. The van der Waals surface area contributed by atoms with Crippen LogP contribution in [0.2, 0.25) is 29.6 Å². The van der Waals surface area contributed by atoms with E-state index in [1.54, 1.807) is 12.1 Å². The standard InChI is InChI=1S/C12H6O6S4.6CH3.2Sn/c13-21(14,15)9-5-1-3-7-11(9)20-12-8(19-7)4-2-6-10(12)22(16,17)18;;;;;;;;/h1-2,5-6H,(H,13,14,15)(H,16,17,18);6*1H3;;. The molecule has 3 rings (SSSR count). The van der Waals surface area contributed by atoms with Gasteiger partial charge in [-0.15, -0.1) is 0 Å². The van der Waals surface area contributed by atoms with Crippen LogP contribution in [-0.2, 0) is 20.2 Å². The van der Waals surface area contributed by atoms with Crippen LogP contribution < -0.4 is 7.16 Å². The SMILES string of the molecule is [CH3][Sn]([CH3])([CH3])[c]1ccc(S(=O)(=O)O)c2c1Sc1[c]([Sn]([CH3])([CH3])[CH3])ccc(S(=O)(=O)O)c1S2. The van der Waals surface area contributed by atoms with Crippen molar-refractivity contribution in [2.75, 3.05) is 0 Å². The van der Waals surface area contributed by atoms with Crippen LogP contribution in [0.15, 0.2) is 53.6 Å². The van der Waals surface area contributed by atoms with E-state index >= 15 is 0 Å². The quantitative estimate of drug-likeness (QED) is 0.312. The molecule has 2 aromatic rings. The number of hydrogen-bond acceptors (Lipinski definition) is 6. The molecule has 0 unspecified atom stereocenters. The van der Waals surface area contributed by atoms with Gasteiger partial charge in [-0.25, -0.2) is 0 Å². The van der Waals surface area contributed by atoms with Gasteiger partial charge in [0, 0.05) is 0 Å². The normalized spacial score (nSPS) is 14.9. The predicted octanol–water partition coefficient (Wildman–Crippen LogP) is 3.89. The molecule has 164 valence electrons. The van der Waals surface area contributed by atoms with Crippen LogP contribution in [0.4, 0.5) is 0 Å². The zero-order valence-corrected chi connectivity index (χ0v) is 26.4. The summed E-state index contributed by atoms with van der Waals surface area (Å²) in [5.74, 6) is 0. The average molecular weight is 702 g/mol. The molecule has 2 aromatic carbocycles. The second-order valence-corrected chi connectivity index (χ2v) is 42.8. The maximum absolute atomic E-state index is 12.1. The molecule has 1 aliphatic heterocycles. The van der Waals surface area contributed by atoms with Crippen molar-refractivity contribution in [1.29, 1.82) is 0 Å². The summed E-state index contributed by atoms with van der Waals surface area (Å²) in [6.07, 6.45) is 0. The van der Waals surface area contributed by atoms with Gasteiger partial charge in [-0.1, -0.05) is 0 Å². The molecule has 0 atom stereocenters. The van der Waals surface area contributed by atoms with Crippen molar-refractivity contribution in [1.82, 2.24) is 0 Å². The molecule has 0 saturated carbocycles. The van der Waals surface area contributed by atoms with Gasteiger partial charge in [0.05, 0.1) is 0 Å². The number of rotatable bonds is 4. The predicted molar refractivity (Wildman–Crippen MR) is 127 cm³/mol. The van der Waals surface area contributed by atoms with Crippen LogP contribution >= 0.6 is 23.5 Å². The summed E-state index contributed by atoms with van der Waals surface area (Å²) in [5.41, 5.74) is 0. The minimum atomic E-state index is -4.51. The van der Waals surface area contributed by atoms with Crippen molar-refractivity contribution in [3.8, 4) is 0 Å². The van der Waals surface area contributed by atoms with Crippen LogP contribution in [0.3, 0.4) is 0 Å². The monoisotopic (exact) mass is 704 g/mol. The van der Waals surface area contributed by atoms with E-state index in [-0.39, 0.29) is 9.79 Å². The zero-order valence-electron chi connectivity index (χ0n) is 17.5. The van der Waals surface area contributed by atoms with Crippen molar-refractivity contribution in [3.05, 3.63) is 24.3 Å². The van der Waals surface area contributed by atoms with E-state index < -0.39 is 57.0 Å². The van der Waals surface area contributed by atoms with Gasteiger partial charge in [0.1, 0.15) is 0 Å². The molecule has 12 heteroatoms. The van der Waals surface area contributed by atoms with Gasteiger partial charge in [0.2, 0.25) is 0 Å². The van der Waals surface area contributed by atoms with Gasteiger partial charge < -0.3 is 0 Å². The third kappa shape index (κ3) is 4.90. The van der Waals surface area contributed by atoms with Crippen molar-refractivity contribution < 1.29 is 25.9 Å². The number of benzene rings is 2. The van der Waals surface area contributed by atoms with Crippen LogP contribution in [0.5, 0.6) is 0 Å². The van der Waals surface area contributed by atoms with Crippen LogP contribution in [0, 0.1) is 0 Å². The summed E-state index contributed by atoms with van der Waals surface area (Å²) in [6.45, 7) is 0. The summed E-state index contributed by atoms with van der Waals surface area (Å²) >= 11 is -3.00. The van der Waals surface area contributed by atoms with E-state index in [1.807, 2.05) is 0 Å². The molecule has 0 radical (unpaired) electrons. The first-order valence-corrected chi connectivity index (χ1v) is 33.6. The molecule has 6 nitrogen and oxygen atoms in total. The first-order chi connectivity index (χ1) is 13.4. The summed E-state index contributed by atoms with van der Waals surface area (Å²) < 4.78 is 70.2. The molecule has 2 N–H and O–H groups in total. The van der Waals surface area contributed by atoms with Gasteiger partial charge in [-0.3, -0.25) is 0 Å². The molecule has 30 heavy (non-hydrogen) atoms. The van der Waals surface area contributed by atoms with Gasteiger partial charge in [0.25, 0.3) is 0 Å². The van der Waals surface area contributed by atoms with E-state index in [0.29, 0.717) is 9.79 Å². The molecular weight excluding hydrogens is 678 g/mol. The summed E-state index contributed by atoms with van der Waals surface area (Å²) in [7, 11) is -9.01. The Kier molecular flexibility index (Phi) is 6.80. The zero-order chi connectivity index (χ0) is 22.9. The van der Waals surface area contributed by atoms with Gasteiger partial charge in [0.15, 0.2) is 0 Å². The Morgan fingerprint density at radius 2 is 0.900 bits per heavy atom. The second kappa shape index (κ2) is 8.10. The fourth-order valence-electron chi connectivity index (χ4n) is 3.28. The Hall–Kier alpha value is 0.557. The van der Waals surface area contributed by atoms with Crippen LogP contribution in [0.1, 0.15) is 0 Å². The molecule has 0 fully saturated rings. The van der Waals surface area contributed by atoms with Crippen molar-refractivity contribution >= 4 is 87.7 Å². The Morgan fingerprint density at radius 3 is 1.17 bits per heavy atom. The molecule has 0 aromatic heterocycles. The molecule has 0 spiro atoms. The van der Waals surface area contributed by atoms with E-state index in [0.717, 1.165) is 28.7 Å². The Morgan fingerprint density at radius 1 is 0.600 bits per heavy atom. The van der Waals surface area contributed by atoms with Crippen molar-refractivity contribution in [3.63, 3.8) is 0 Å². The topological polar surface area (TPSA) is 109 Å². The van der Waals surface area contributed by atoms with Gasteiger partial charge >= 0.3 is 197 Å². The van der Waals surface area contributed by atoms with E-state index in [4.69, 9.17) is 0 Å². The maximum atomic E-state index is 12.1. The van der Waals surface area contributed by atoms with Crippen LogP contribution in [0.25, 0.3) is 0 Å². The molecule has 0 saturated heterocycles. The first-order valence-electron chi connectivity index (χ1n) is 9.08. The number of hydrogen-bond donors (Lipinski definition) is 2. The Balaban J connectivity index is 2.44. The van der Waals surface area contributed by atoms with E-state index in [1.165, 1.54) is 23.9 Å². The Bertz CT molecular complexity index is 1160. The molecule has 0 bridgehead atoms. The molecule has 1 heterocycles.